The minimum Gasteiger partial charge on any atom is -0.744 e. The van der Waals surface area contributed by atoms with Crippen molar-refractivity contribution in [2.45, 2.75) is 102 Å². The van der Waals surface area contributed by atoms with Crippen LogP contribution in [0.25, 0.3) is 0 Å². The summed E-state index contributed by atoms with van der Waals surface area (Å²) < 4.78 is 33.7. The van der Waals surface area contributed by atoms with E-state index in [2.05, 4.69) is 6.92 Å². The van der Waals surface area contributed by atoms with Gasteiger partial charge in [-0.2, -0.15) is 0 Å². The van der Waals surface area contributed by atoms with Gasteiger partial charge in [0.2, 0.25) is 0 Å². The van der Waals surface area contributed by atoms with Crippen LogP contribution < -0.4 is 18.9 Å². The zero-order valence-electron chi connectivity index (χ0n) is 16.8. The summed E-state index contributed by atoms with van der Waals surface area (Å²) in [5.41, 5.74) is 0.667. The monoisotopic (exact) mass is 374 g/mol. The molecule has 5 heteroatoms. The molecule has 0 atom stereocenters. The quantitative estimate of drug-likeness (QED) is 0.269. The zero-order chi connectivity index (χ0) is 18.4. The van der Waals surface area contributed by atoms with Crippen molar-refractivity contribution in [1.82, 2.24) is 0 Å². The van der Waals surface area contributed by atoms with E-state index in [1.807, 2.05) is 0 Å². The standard InChI is InChI=1S/C21H36O3S.Li/c1-2-3-4-5-6-7-8-9-10-11-12-13-14-17-20-18-15-16-19-21(20)25(22,23)24;/h15-16,18-19H,2-14,17H2,1H3,(H,22,23,24);/q;+1/p-1. The van der Waals surface area contributed by atoms with Crippen molar-refractivity contribution >= 4 is 10.1 Å². The fourth-order valence-electron chi connectivity index (χ4n) is 3.29. The Bertz CT molecular complexity index is 558. The molecule has 0 aliphatic rings. The van der Waals surface area contributed by atoms with Gasteiger partial charge in [0.1, 0.15) is 10.1 Å². The van der Waals surface area contributed by atoms with Crippen molar-refractivity contribution in [3.8, 4) is 0 Å². The number of unbranched alkanes of at least 4 members (excludes halogenated alkanes) is 12. The summed E-state index contributed by atoms with van der Waals surface area (Å²) in [5, 5.41) is 0. The first-order chi connectivity index (χ1) is 12.1. The van der Waals surface area contributed by atoms with Gasteiger partial charge >= 0.3 is 18.9 Å². The SMILES string of the molecule is CCCCCCCCCCCCCCCc1ccccc1S(=O)(=O)[O-].[Li+]. The number of aryl methyl sites for hydroxylation is 1. The van der Waals surface area contributed by atoms with Crippen LogP contribution in [0.15, 0.2) is 29.2 Å². The van der Waals surface area contributed by atoms with E-state index in [4.69, 9.17) is 0 Å². The molecular weight excluding hydrogens is 339 g/mol. The first kappa shape index (κ1) is 25.7. The third-order valence-corrected chi connectivity index (χ3v) is 5.73. The van der Waals surface area contributed by atoms with E-state index in [1.54, 1.807) is 18.2 Å². The molecule has 0 aliphatic heterocycles. The molecule has 1 aromatic rings. The number of rotatable bonds is 15. The number of hydrogen-bond donors (Lipinski definition) is 0. The number of benzene rings is 1. The molecule has 0 radical (unpaired) electrons. The summed E-state index contributed by atoms with van der Waals surface area (Å²) in [6, 6.07) is 6.58. The Kier molecular flexibility index (Phi) is 15.6. The molecule has 0 amide bonds. The summed E-state index contributed by atoms with van der Waals surface area (Å²) in [5.74, 6) is 0. The summed E-state index contributed by atoms with van der Waals surface area (Å²) in [6.07, 6.45) is 17.5. The molecule has 1 rings (SSSR count). The molecule has 0 saturated heterocycles. The van der Waals surface area contributed by atoms with Crippen LogP contribution in [0.3, 0.4) is 0 Å². The zero-order valence-corrected chi connectivity index (χ0v) is 17.7. The van der Waals surface area contributed by atoms with E-state index in [1.165, 1.54) is 76.7 Å². The average Bonchev–Trinajstić information content (AvgIpc) is 2.58. The molecule has 26 heavy (non-hydrogen) atoms. The minimum absolute atomic E-state index is 0. The van der Waals surface area contributed by atoms with Crippen LogP contribution in [0.4, 0.5) is 0 Å². The number of hydrogen-bond acceptors (Lipinski definition) is 3. The van der Waals surface area contributed by atoms with Crippen LogP contribution in [0.1, 0.15) is 96.0 Å². The van der Waals surface area contributed by atoms with Crippen molar-refractivity contribution in [1.29, 1.82) is 0 Å². The molecular formula is C21H35LiO3S. The fraction of sp³-hybridized carbons (Fsp3) is 0.714. The smallest absolute Gasteiger partial charge is 0.744 e. The van der Waals surface area contributed by atoms with Gasteiger partial charge < -0.3 is 4.55 Å². The van der Waals surface area contributed by atoms with Crippen LogP contribution in [0.2, 0.25) is 0 Å². The van der Waals surface area contributed by atoms with Gasteiger partial charge in [0.05, 0.1) is 4.90 Å². The molecule has 1 aromatic carbocycles. The molecule has 0 heterocycles. The molecule has 0 saturated carbocycles. The van der Waals surface area contributed by atoms with Gasteiger partial charge in [-0.15, -0.1) is 0 Å². The Balaban J connectivity index is 0.00000625. The van der Waals surface area contributed by atoms with Crippen molar-refractivity contribution in [3.05, 3.63) is 29.8 Å². The second-order valence-corrected chi connectivity index (χ2v) is 8.40. The van der Waals surface area contributed by atoms with Gasteiger partial charge in [0, 0.05) is 0 Å². The second kappa shape index (κ2) is 15.8. The van der Waals surface area contributed by atoms with Gasteiger partial charge in [-0.05, 0) is 24.5 Å². The van der Waals surface area contributed by atoms with E-state index in [0.717, 1.165) is 12.8 Å². The second-order valence-electron chi connectivity index (χ2n) is 7.05. The van der Waals surface area contributed by atoms with E-state index < -0.39 is 10.1 Å². The maximum atomic E-state index is 11.2. The molecule has 0 bridgehead atoms. The van der Waals surface area contributed by atoms with Crippen LogP contribution in [-0.2, 0) is 16.5 Å². The minimum atomic E-state index is -4.35. The molecule has 0 spiro atoms. The summed E-state index contributed by atoms with van der Waals surface area (Å²) in [4.78, 5) is -0.0473. The maximum absolute atomic E-state index is 11.2. The molecule has 0 unspecified atom stereocenters. The molecule has 0 aliphatic carbocycles. The van der Waals surface area contributed by atoms with Gasteiger partial charge in [-0.3, -0.25) is 0 Å². The van der Waals surface area contributed by atoms with Crippen LogP contribution in [0, 0.1) is 0 Å². The molecule has 144 valence electrons. The Morgan fingerprint density at radius 3 is 1.62 bits per heavy atom. The van der Waals surface area contributed by atoms with Crippen LogP contribution in [0.5, 0.6) is 0 Å². The van der Waals surface area contributed by atoms with Gasteiger partial charge in [0.25, 0.3) is 0 Å². The van der Waals surface area contributed by atoms with Crippen molar-refractivity contribution in [2.24, 2.45) is 0 Å². The topological polar surface area (TPSA) is 57.2 Å². The normalized spacial score (nSPS) is 11.3. The Labute approximate surface area is 173 Å². The Hall–Kier alpha value is -0.273. The van der Waals surface area contributed by atoms with Crippen LogP contribution in [-0.4, -0.2) is 13.0 Å². The third-order valence-electron chi connectivity index (χ3n) is 4.79. The van der Waals surface area contributed by atoms with Crippen molar-refractivity contribution in [2.75, 3.05) is 0 Å². The molecule has 0 N–H and O–H groups in total. The van der Waals surface area contributed by atoms with Gasteiger partial charge in [0.15, 0.2) is 0 Å². The summed E-state index contributed by atoms with van der Waals surface area (Å²) in [7, 11) is -4.35. The van der Waals surface area contributed by atoms with E-state index >= 15 is 0 Å². The van der Waals surface area contributed by atoms with Gasteiger partial charge in [-0.25, -0.2) is 8.42 Å². The van der Waals surface area contributed by atoms with Crippen molar-refractivity contribution in [3.63, 3.8) is 0 Å². The largest absolute Gasteiger partial charge is 1.00 e. The molecule has 0 aromatic heterocycles. The fourth-order valence-corrected chi connectivity index (χ4v) is 4.02. The third kappa shape index (κ3) is 12.2. The predicted molar refractivity (Wildman–Crippen MR) is 104 cm³/mol. The average molecular weight is 375 g/mol. The van der Waals surface area contributed by atoms with E-state index in [-0.39, 0.29) is 23.8 Å². The predicted octanol–water partition coefficient (Wildman–Crippen LogP) is 3.23. The summed E-state index contributed by atoms with van der Waals surface area (Å²) in [6.45, 7) is 2.25. The first-order valence-corrected chi connectivity index (χ1v) is 11.5. The van der Waals surface area contributed by atoms with Gasteiger partial charge in [-0.1, -0.05) is 102 Å². The Morgan fingerprint density at radius 1 is 0.731 bits per heavy atom. The Morgan fingerprint density at radius 2 is 1.15 bits per heavy atom. The van der Waals surface area contributed by atoms with Crippen LogP contribution >= 0.6 is 0 Å². The van der Waals surface area contributed by atoms with Crippen molar-refractivity contribution < 1.29 is 31.8 Å². The summed E-state index contributed by atoms with van der Waals surface area (Å²) >= 11 is 0. The molecule has 3 nitrogen and oxygen atoms in total. The van der Waals surface area contributed by atoms with E-state index in [9.17, 15) is 13.0 Å². The van der Waals surface area contributed by atoms with E-state index in [0.29, 0.717) is 12.0 Å². The molecule has 0 fully saturated rings. The first-order valence-electron chi connectivity index (χ1n) is 10.1. The maximum Gasteiger partial charge on any atom is 1.00 e.